The molecule has 0 aliphatic carbocycles. The number of aromatic nitrogens is 1. The molecule has 0 atom stereocenters. The van der Waals surface area contributed by atoms with E-state index in [0.717, 1.165) is 21.4 Å². The Hall–Kier alpha value is -2.18. The summed E-state index contributed by atoms with van der Waals surface area (Å²) in [6.45, 7) is 1.44. The van der Waals surface area contributed by atoms with E-state index in [-0.39, 0.29) is 5.91 Å². The number of rotatable bonds is 3. The van der Waals surface area contributed by atoms with Gasteiger partial charge in [0.1, 0.15) is 0 Å². The lowest BCUT2D eigenvalue weighted by Crippen LogP contribution is -2.22. The second-order valence-electron chi connectivity index (χ2n) is 4.86. The van der Waals surface area contributed by atoms with Crippen molar-refractivity contribution in [2.75, 3.05) is 0 Å². The predicted molar refractivity (Wildman–Crippen MR) is 96.2 cm³/mol. The maximum atomic E-state index is 11.2. The van der Waals surface area contributed by atoms with Gasteiger partial charge < -0.3 is 0 Å². The van der Waals surface area contributed by atoms with Crippen LogP contribution in [0.25, 0.3) is 16.9 Å². The Labute approximate surface area is 146 Å². The quantitative estimate of drug-likeness (QED) is 0.680. The summed E-state index contributed by atoms with van der Waals surface area (Å²) in [6, 6.07) is 18.1. The summed E-state index contributed by atoms with van der Waals surface area (Å²) in [5.41, 5.74) is 5.62. The maximum absolute atomic E-state index is 11.2. The summed E-state index contributed by atoms with van der Waals surface area (Å²) >= 11 is 4.94. The van der Waals surface area contributed by atoms with Gasteiger partial charge in [-0.25, -0.2) is 5.43 Å². The van der Waals surface area contributed by atoms with E-state index in [1.165, 1.54) is 18.3 Å². The summed E-state index contributed by atoms with van der Waals surface area (Å²) < 4.78 is 3.04. The van der Waals surface area contributed by atoms with Crippen LogP contribution in [0.3, 0.4) is 0 Å². The molecule has 4 nitrogen and oxygen atoms in total. The van der Waals surface area contributed by atoms with Crippen molar-refractivity contribution in [1.29, 1.82) is 0 Å². The Morgan fingerprint density at radius 1 is 1.13 bits per heavy atom. The molecule has 0 aliphatic rings. The molecule has 1 N–H and O–H groups in total. The third kappa shape index (κ3) is 3.60. The molecule has 23 heavy (non-hydrogen) atoms. The van der Waals surface area contributed by atoms with Gasteiger partial charge in [-0.05, 0) is 29.8 Å². The van der Waals surface area contributed by atoms with E-state index < -0.39 is 0 Å². The number of carbonyl (C=O) groups is 1. The fourth-order valence-electron chi connectivity index (χ4n) is 2.17. The molecule has 0 radical (unpaired) electrons. The highest BCUT2D eigenvalue weighted by molar-refractivity contribution is 9.10. The van der Waals surface area contributed by atoms with Gasteiger partial charge >= 0.3 is 0 Å². The van der Waals surface area contributed by atoms with Crippen LogP contribution in [-0.4, -0.2) is 10.5 Å². The van der Waals surface area contributed by atoms with E-state index in [0.29, 0.717) is 4.80 Å². The van der Waals surface area contributed by atoms with E-state index in [4.69, 9.17) is 0 Å². The van der Waals surface area contributed by atoms with Gasteiger partial charge in [-0.1, -0.05) is 46.3 Å². The average Bonchev–Trinajstić information content (AvgIpc) is 2.98. The number of carbonyl (C=O) groups excluding carboxylic acids is 1. The molecule has 0 unspecified atom stereocenters. The summed E-state index contributed by atoms with van der Waals surface area (Å²) in [4.78, 5) is 11.9. The topological polar surface area (TPSA) is 46.4 Å². The minimum Gasteiger partial charge on any atom is -0.284 e. The number of benzene rings is 2. The van der Waals surface area contributed by atoms with Crippen LogP contribution < -0.4 is 10.2 Å². The highest BCUT2D eigenvalue weighted by Crippen LogP contribution is 2.24. The molecule has 6 heteroatoms. The van der Waals surface area contributed by atoms with Crippen LogP contribution in [0, 0.1) is 0 Å². The van der Waals surface area contributed by atoms with Crippen LogP contribution in [0.15, 0.2) is 69.6 Å². The molecule has 1 amide bonds. The third-order valence-corrected chi connectivity index (χ3v) is 4.53. The number of nitrogens with zero attached hydrogens (tertiary/aromatic N) is 2. The molecule has 116 valence electrons. The Morgan fingerprint density at radius 3 is 2.48 bits per heavy atom. The van der Waals surface area contributed by atoms with E-state index in [9.17, 15) is 4.79 Å². The first kappa shape index (κ1) is 15.7. The molecule has 0 saturated carbocycles. The van der Waals surface area contributed by atoms with Crippen LogP contribution in [0.1, 0.15) is 6.92 Å². The largest absolute Gasteiger partial charge is 0.284 e. The second kappa shape index (κ2) is 6.93. The molecule has 2 aromatic carbocycles. The summed E-state index contributed by atoms with van der Waals surface area (Å²) in [6.07, 6.45) is 0. The number of nitrogens with one attached hydrogen (secondary N) is 1. The first-order chi connectivity index (χ1) is 11.1. The average molecular weight is 388 g/mol. The lowest BCUT2D eigenvalue weighted by molar-refractivity contribution is -0.119. The third-order valence-electron chi connectivity index (χ3n) is 3.17. The van der Waals surface area contributed by atoms with E-state index in [1.807, 2.05) is 52.4 Å². The van der Waals surface area contributed by atoms with Crippen LogP contribution in [0.4, 0.5) is 0 Å². The molecule has 0 saturated heterocycles. The highest BCUT2D eigenvalue weighted by Gasteiger charge is 2.10. The number of hydrogen-bond donors (Lipinski definition) is 1. The van der Waals surface area contributed by atoms with Crippen LogP contribution in [-0.2, 0) is 4.79 Å². The van der Waals surface area contributed by atoms with Gasteiger partial charge in [-0.3, -0.25) is 9.36 Å². The van der Waals surface area contributed by atoms with Crippen molar-refractivity contribution in [3.63, 3.8) is 0 Å². The van der Waals surface area contributed by atoms with Gasteiger partial charge in [0.2, 0.25) is 10.7 Å². The van der Waals surface area contributed by atoms with E-state index in [1.54, 1.807) is 0 Å². The predicted octanol–water partition coefficient (Wildman–Crippen LogP) is 3.92. The maximum Gasteiger partial charge on any atom is 0.237 e. The minimum atomic E-state index is -0.193. The van der Waals surface area contributed by atoms with Crippen LogP contribution in [0.2, 0.25) is 0 Å². The van der Waals surface area contributed by atoms with Gasteiger partial charge in [0.05, 0.1) is 5.69 Å². The lowest BCUT2D eigenvalue weighted by atomic mass is 10.1. The zero-order valence-electron chi connectivity index (χ0n) is 12.4. The number of amides is 1. The van der Waals surface area contributed by atoms with Gasteiger partial charge in [-0.2, -0.15) is 0 Å². The molecule has 3 aromatic rings. The fraction of sp³-hybridized carbons (Fsp3) is 0.0588. The molecule has 0 bridgehead atoms. The lowest BCUT2D eigenvalue weighted by Gasteiger charge is -2.09. The van der Waals surface area contributed by atoms with Crippen molar-refractivity contribution >= 4 is 33.2 Å². The van der Waals surface area contributed by atoms with Crippen molar-refractivity contribution in [1.82, 2.24) is 9.99 Å². The van der Waals surface area contributed by atoms with Gasteiger partial charge in [-0.15, -0.1) is 16.4 Å². The fourth-order valence-corrected chi connectivity index (χ4v) is 3.30. The molecule has 0 spiro atoms. The van der Waals surface area contributed by atoms with Crippen LogP contribution >= 0.6 is 27.3 Å². The van der Waals surface area contributed by atoms with E-state index in [2.05, 4.69) is 38.6 Å². The monoisotopic (exact) mass is 387 g/mol. The Bertz CT molecular complexity index is 882. The Morgan fingerprint density at radius 2 is 1.83 bits per heavy atom. The first-order valence-corrected chi connectivity index (χ1v) is 8.64. The van der Waals surface area contributed by atoms with Gasteiger partial charge in [0.15, 0.2) is 0 Å². The van der Waals surface area contributed by atoms with Gasteiger partial charge in [0.25, 0.3) is 0 Å². The molecule has 1 aromatic heterocycles. The highest BCUT2D eigenvalue weighted by atomic mass is 79.9. The first-order valence-electron chi connectivity index (χ1n) is 6.97. The second-order valence-corrected chi connectivity index (χ2v) is 6.61. The van der Waals surface area contributed by atoms with Crippen molar-refractivity contribution in [2.45, 2.75) is 6.92 Å². The SMILES string of the molecule is CC(=O)N/N=c1/scc(-c2ccccc2)n1-c1ccc(Br)cc1. The number of halogens is 1. The molecular formula is C17H14BrN3OS. The van der Waals surface area contributed by atoms with Crippen molar-refractivity contribution in [3.8, 4) is 16.9 Å². The molecule has 0 fully saturated rings. The Balaban J connectivity index is 2.20. The number of hydrogen-bond acceptors (Lipinski definition) is 3. The van der Waals surface area contributed by atoms with E-state index >= 15 is 0 Å². The zero-order chi connectivity index (χ0) is 16.2. The summed E-state index contributed by atoms with van der Waals surface area (Å²) in [7, 11) is 0. The Kier molecular flexibility index (Phi) is 4.73. The molecule has 3 rings (SSSR count). The van der Waals surface area contributed by atoms with Crippen molar-refractivity contribution in [3.05, 3.63) is 69.3 Å². The molecular weight excluding hydrogens is 374 g/mol. The van der Waals surface area contributed by atoms with Crippen molar-refractivity contribution < 1.29 is 4.79 Å². The minimum absolute atomic E-state index is 0.193. The smallest absolute Gasteiger partial charge is 0.237 e. The zero-order valence-corrected chi connectivity index (χ0v) is 14.8. The molecule has 1 heterocycles. The summed E-state index contributed by atoms with van der Waals surface area (Å²) in [5, 5.41) is 6.26. The number of thiazole rings is 1. The molecule has 0 aliphatic heterocycles. The van der Waals surface area contributed by atoms with Gasteiger partial charge in [0, 0.05) is 22.5 Å². The van der Waals surface area contributed by atoms with Crippen molar-refractivity contribution in [2.24, 2.45) is 5.10 Å². The van der Waals surface area contributed by atoms with Crippen LogP contribution in [0.5, 0.6) is 0 Å². The summed E-state index contributed by atoms with van der Waals surface area (Å²) in [5.74, 6) is -0.193. The normalized spacial score (nSPS) is 11.5. The standard InChI is InChI=1S/C17H14BrN3OS/c1-12(22)19-20-17-21(15-9-7-14(18)8-10-15)16(11-23-17)13-5-3-2-4-6-13/h2-11H,1H3,(H,19,22)/b20-17+.